The molecular weight excluding hydrogens is 311 g/mol. The summed E-state index contributed by atoms with van der Waals surface area (Å²) in [5.41, 5.74) is 0.213. The van der Waals surface area contributed by atoms with Gasteiger partial charge >= 0.3 is 0 Å². The van der Waals surface area contributed by atoms with Crippen molar-refractivity contribution in [1.82, 2.24) is 0 Å². The fourth-order valence-electron chi connectivity index (χ4n) is 4.43. The minimum absolute atomic E-state index is 0.0437. The van der Waals surface area contributed by atoms with Crippen LogP contribution >= 0.6 is 7.37 Å². The Labute approximate surface area is 135 Å². The number of rotatable bonds is 0. The van der Waals surface area contributed by atoms with Crippen molar-refractivity contribution < 1.29 is 19.7 Å². The minimum Gasteiger partial charge on any atom is -0.507 e. The molecule has 0 spiro atoms. The van der Waals surface area contributed by atoms with Crippen molar-refractivity contribution >= 4 is 23.4 Å². The normalized spacial score (nSPS) is 30.5. The van der Waals surface area contributed by atoms with Gasteiger partial charge in [0.05, 0.1) is 5.30 Å². The first-order valence-electron chi connectivity index (χ1n) is 8.31. The van der Waals surface area contributed by atoms with Gasteiger partial charge in [-0.1, -0.05) is 37.1 Å². The zero-order chi connectivity index (χ0) is 16.2. The van der Waals surface area contributed by atoms with Crippen LogP contribution in [0.15, 0.2) is 24.3 Å². The van der Waals surface area contributed by atoms with Gasteiger partial charge in [-0.2, -0.15) is 0 Å². The van der Waals surface area contributed by atoms with Gasteiger partial charge in [-0.15, -0.1) is 0 Å². The number of phenolic OH excluding ortho intramolecular Hbond substituents is 2. The maximum absolute atomic E-state index is 13.3. The molecule has 2 aromatic rings. The number of hydrogen-bond acceptors (Lipinski definition) is 3. The van der Waals surface area contributed by atoms with Crippen molar-refractivity contribution in [3.63, 3.8) is 0 Å². The van der Waals surface area contributed by atoms with Crippen LogP contribution in [0.2, 0.25) is 0 Å². The summed E-state index contributed by atoms with van der Waals surface area (Å²) in [5, 5.41) is 22.8. The lowest BCUT2D eigenvalue weighted by molar-refractivity contribution is 0.395. The molecule has 4 nitrogen and oxygen atoms in total. The van der Waals surface area contributed by atoms with E-state index in [4.69, 9.17) is 0 Å². The van der Waals surface area contributed by atoms with E-state index in [-0.39, 0.29) is 28.4 Å². The maximum atomic E-state index is 13.3. The second kappa shape index (κ2) is 5.25. The largest absolute Gasteiger partial charge is 0.507 e. The summed E-state index contributed by atoms with van der Waals surface area (Å²) in [7, 11) is -3.72. The highest BCUT2D eigenvalue weighted by molar-refractivity contribution is 7.67. The first-order chi connectivity index (χ1) is 11.0. The molecule has 3 N–H and O–H groups in total. The Morgan fingerprint density at radius 3 is 2.09 bits per heavy atom. The number of phenols is 2. The lowest BCUT2D eigenvalue weighted by atomic mass is 9.83. The fourth-order valence-corrected chi connectivity index (χ4v) is 6.92. The van der Waals surface area contributed by atoms with Gasteiger partial charge in [0.25, 0.3) is 0 Å². The van der Waals surface area contributed by atoms with Crippen LogP contribution in [0.3, 0.4) is 0 Å². The Kier molecular flexibility index (Phi) is 3.44. The summed E-state index contributed by atoms with van der Waals surface area (Å²) in [4.78, 5) is 10.9. The summed E-state index contributed by atoms with van der Waals surface area (Å²) in [5.74, 6) is 0.00971. The molecule has 5 heteroatoms. The van der Waals surface area contributed by atoms with Crippen LogP contribution in [0.25, 0.3) is 10.8 Å². The van der Waals surface area contributed by atoms with E-state index in [1.165, 1.54) is 0 Å². The Morgan fingerprint density at radius 1 is 0.913 bits per heavy atom. The molecule has 2 heterocycles. The van der Waals surface area contributed by atoms with Crippen LogP contribution in [-0.2, 0) is 4.57 Å². The predicted octanol–water partition coefficient (Wildman–Crippen LogP) is 3.97. The molecule has 2 aromatic carbocycles. The molecule has 3 aliphatic rings. The molecule has 0 aromatic heterocycles. The topological polar surface area (TPSA) is 77.8 Å². The first-order valence-corrected chi connectivity index (χ1v) is 10.0. The van der Waals surface area contributed by atoms with Gasteiger partial charge in [0.1, 0.15) is 11.5 Å². The Morgan fingerprint density at radius 2 is 1.48 bits per heavy atom. The highest BCUT2D eigenvalue weighted by atomic mass is 31.2. The van der Waals surface area contributed by atoms with E-state index in [0.29, 0.717) is 16.3 Å². The van der Waals surface area contributed by atoms with Crippen molar-refractivity contribution in [2.45, 2.75) is 50.1 Å². The minimum atomic E-state index is -3.72. The fraction of sp³-hybridized carbons (Fsp3) is 0.444. The van der Waals surface area contributed by atoms with Crippen molar-refractivity contribution in [3.05, 3.63) is 29.8 Å². The third-order valence-corrected chi connectivity index (χ3v) is 8.18. The van der Waals surface area contributed by atoms with E-state index in [2.05, 4.69) is 0 Å². The van der Waals surface area contributed by atoms with Crippen LogP contribution in [0, 0.1) is 0 Å². The van der Waals surface area contributed by atoms with E-state index in [0.717, 1.165) is 38.5 Å². The third kappa shape index (κ3) is 2.12. The SMILES string of the molecule is O=P1(O)c2c(c(O)c3ccccc3c2O)C2CCCC1CCC2. The molecule has 23 heavy (non-hydrogen) atoms. The molecule has 1 aliphatic carbocycles. The summed E-state index contributed by atoms with van der Waals surface area (Å²) < 4.78 is 13.3. The Balaban J connectivity index is 2.15. The van der Waals surface area contributed by atoms with Crippen molar-refractivity contribution in [2.24, 2.45) is 0 Å². The average molecular weight is 332 g/mol. The van der Waals surface area contributed by atoms with Gasteiger partial charge < -0.3 is 15.1 Å². The van der Waals surface area contributed by atoms with Gasteiger partial charge in [0.2, 0.25) is 7.37 Å². The Bertz CT molecular complexity index is 819. The van der Waals surface area contributed by atoms with Gasteiger partial charge in [-0.25, -0.2) is 0 Å². The molecule has 1 unspecified atom stereocenters. The predicted molar refractivity (Wildman–Crippen MR) is 91.0 cm³/mol. The second-order valence-electron chi connectivity index (χ2n) is 6.84. The summed E-state index contributed by atoms with van der Waals surface area (Å²) in [6.07, 6.45) is 5.02. The van der Waals surface area contributed by atoms with Gasteiger partial charge in [0, 0.05) is 22.0 Å². The molecule has 0 saturated heterocycles. The van der Waals surface area contributed by atoms with Crippen LogP contribution < -0.4 is 5.30 Å². The lowest BCUT2D eigenvalue weighted by Gasteiger charge is -2.35. The summed E-state index contributed by atoms with van der Waals surface area (Å²) in [6, 6.07) is 7.02. The molecule has 0 amide bonds. The monoisotopic (exact) mass is 332 g/mol. The summed E-state index contributed by atoms with van der Waals surface area (Å²) in [6.45, 7) is 0. The standard InChI is InChI=1S/C18H21O4P/c19-16-13-9-1-2-10-14(13)17(20)18-15(16)11-5-3-7-12(8-4-6-11)23(18,21)22/h1-2,9-12,19-20H,3-8H2,(H,21,22). The molecule has 1 saturated carbocycles. The molecule has 2 bridgehead atoms. The molecular formula is C18H21O4P. The average Bonchev–Trinajstić information content (AvgIpc) is 2.49. The molecule has 5 rings (SSSR count). The maximum Gasteiger partial charge on any atom is 0.236 e. The zero-order valence-electron chi connectivity index (χ0n) is 12.9. The van der Waals surface area contributed by atoms with E-state index in [9.17, 15) is 19.7 Å². The number of fused-ring (bicyclic) bond motifs is 5. The van der Waals surface area contributed by atoms with Gasteiger partial charge in [-0.3, -0.25) is 4.57 Å². The molecule has 2 aliphatic heterocycles. The number of hydrogen-bond donors (Lipinski definition) is 3. The second-order valence-corrected chi connectivity index (χ2v) is 9.26. The van der Waals surface area contributed by atoms with Crippen molar-refractivity contribution in [1.29, 1.82) is 0 Å². The number of aromatic hydroxyl groups is 2. The summed E-state index contributed by atoms with van der Waals surface area (Å²) >= 11 is 0. The van der Waals surface area contributed by atoms with E-state index in [1.54, 1.807) is 24.3 Å². The molecule has 1 atom stereocenters. The first kappa shape index (κ1) is 15.0. The van der Waals surface area contributed by atoms with Gasteiger partial charge in [-0.05, 0) is 31.6 Å². The van der Waals surface area contributed by atoms with Crippen LogP contribution in [0.5, 0.6) is 11.5 Å². The number of benzene rings is 2. The van der Waals surface area contributed by atoms with Crippen LogP contribution in [0.4, 0.5) is 0 Å². The molecule has 122 valence electrons. The Hall–Kier alpha value is -1.51. The van der Waals surface area contributed by atoms with E-state index < -0.39 is 7.37 Å². The van der Waals surface area contributed by atoms with Crippen LogP contribution in [-0.4, -0.2) is 20.8 Å². The van der Waals surface area contributed by atoms with Crippen LogP contribution in [0.1, 0.15) is 50.0 Å². The zero-order valence-corrected chi connectivity index (χ0v) is 13.8. The van der Waals surface area contributed by atoms with Crippen molar-refractivity contribution in [2.75, 3.05) is 0 Å². The highest BCUT2D eigenvalue weighted by Gasteiger charge is 2.43. The van der Waals surface area contributed by atoms with Gasteiger partial charge in [0.15, 0.2) is 0 Å². The van der Waals surface area contributed by atoms with Crippen molar-refractivity contribution in [3.8, 4) is 11.5 Å². The quantitative estimate of drug-likeness (QED) is 0.504. The van der Waals surface area contributed by atoms with E-state index >= 15 is 0 Å². The molecule has 0 radical (unpaired) electrons. The smallest absolute Gasteiger partial charge is 0.236 e. The lowest BCUT2D eigenvalue weighted by Crippen LogP contribution is -2.28. The molecule has 1 fully saturated rings. The third-order valence-electron chi connectivity index (χ3n) is 5.58. The van der Waals surface area contributed by atoms with E-state index in [1.807, 2.05) is 0 Å². The highest BCUT2D eigenvalue weighted by Crippen LogP contribution is 2.59.